The van der Waals surface area contributed by atoms with Gasteiger partial charge in [0.2, 0.25) is 0 Å². The first-order valence-corrected chi connectivity index (χ1v) is 3.99. The van der Waals surface area contributed by atoms with Crippen molar-refractivity contribution in [1.29, 1.82) is 0 Å². The highest BCUT2D eigenvalue weighted by molar-refractivity contribution is 5.56. The first kappa shape index (κ1) is 8.81. The molecule has 3 N–H and O–H groups in total. The van der Waals surface area contributed by atoms with Gasteiger partial charge in [-0.25, -0.2) is 0 Å². The molecular formula is C10H13NO. The predicted molar refractivity (Wildman–Crippen MR) is 50.8 cm³/mol. The van der Waals surface area contributed by atoms with Crippen LogP contribution in [0.2, 0.25) is 0 Å². The van der Waals surface area contributed by atoms with Crippen molar-refractivity contribution in [3.8, 4) is 5.75 Å². The van der Waals surface area contributed by atoms with Crippen molar-refractivity contribution in [3.05, 3.63) is 35.9 Å². The van der Waals surface area contributed by atoms with Crippen LogP contribution < -0.4 is 5.73 Å². The van der Waals surface area contributed by atoms with Gasteiger partial charge in [-0.2, -0.15) is 0 Å². The Morgan fingerprint density at radius 2 is 2.08 bits per heavy atom. The lowest BCUT2D eigenvalue weighted by atomic mass is 10.2. The Morgan fingerprint density at radius 3 is 2.75 bits per heavy atom. The molecule has 2 nitrogen and oxygen atoms in total. The fraction of sp³-hybridized carbons (Fsp3) is 0.200. The van der Waals surface area contributed by atoms with Crippen molar-refractivity contribution in [2.24, 2.45) is 5.73 Å². The Hall–Kier alpha value is -1.28. The molecule has 0 aliphatic heterocycles. The number of benzene rings is 1. The molecule has 12 heavy (non-hydrogen) atoms. The average Bonchev–Trinajstić information content (AvgIpc) is 2.09. The molecule has 0 spiro atoms. The van der Waals surface area contributed by atoms with E-state index in [1.165, 1.54) is 0 Å². The van der Waals surface area contributed by atoms with Crippen LogP contribution in [0.15, 0.2) is 30.3 Å². The Kier molecular flexibility index (Phi) is 3.35. The molecule has 0 heterocycles. The lowest BCUT2D eigenvalue weighted by molar-refractivity contribution is 0.474. The molecule has 0 amide bonds. The standard InChI is InChI=1S/C10H13NO/c11-8-4-3-6-9-5-1-2-7-10(9)12/h1-3,5-7,12H,4,8,11H2/b6-3-. The topological polar surface area (TPSA) is 46.2 Å². The summed E-state index contributed by atoms with van der Waals surface area (Å²) in [6.07, 6.45) is 4.67. The quantitative estimate of drug-likeness (QED) is 0.713. The van der Waals surface area contributed by atoms with E-state index in [9.17, 15) is 5.11 Å². The zero-order chi connectivity index (χ0) is 8.81. The van der Waals surface area contributed by atoms with E-state index in [0.29, 0.717) is 12.3 Å². The molecule has 0 aliphatic carbocycles. The van der Waals surface area contributed by atoms with Crippen LogP contribution in [0.3, 0.4) is 0 Å². The van der Waals surface area contributed by atoms with Crippen LogP contribution in [0.25, 0.3) is 6.08 Å². The van der Waals surface area contributed by atoms with Gasteiger partial charge in [-0.1, -0.05) is 30.4 Å². The maximum absolute atomic E-state index is 9.33. The summed E-state index contributed by atoms with van der Waals surface area (Å²) >= 11 is 0. The maximum Gasteiger partial charge on any atom is 0.122 e. The van der Waals surface area contributed by atoms with Crippen molar-refractivity contribution in [1.82, 2.24) is 0 Å². The Morgan fingerprint density at radius 1 is 1.33 bits per heavy atom. The fourth-order valence-corrected chi connectivity index (χ4v) is 0.935. The van der Waals surface area contributed by atoms with E-state index < -0.39 is 0 Å². The van der Waals surface area contributed by atoms with Crippen LogP contribution in [-0.2, 0) is 0 Å². The van der Waals surface area contributed by atoms with Crippen molar-refractivity contribution in [3.63, 3.8) is 0 Å². The second-order valence-corrected chi connectivity index (χ2v) is 2.54. The zero-order valence-corrected chi connectivity index (χ0v) is 6.90. The molecule has 0 saturated carbocycles. The highest BCUT2D eigenvalue weighted by atomic mass is 16.3. The maximum atomic E-state index is 9.33. The van der Waals surface area contributed by atoms with Gasteiger partial charge in [0.15, 0.2) is 0 Å². The van der Waals surface area contributed by atoms with Gasteiger partial charge < -0.3 is 10.8 Å². The minimum atomic E-state index is 0.311. The molecule has 0 atom stereocenters. The summed E-state index contributed by atoms with van der Waals surface area (Å²) in [7, 11) is 0. The number of nitrogens with two attached hydrogens (primary N) is 1. The second-order valence-electron chi connectivity index (χ2n) is 2.54. The van der Waals surface area contributed by atoms with E-state index in [1.807, 2.05) is 24.3 Å². The minimum absolute atomic E-state index is 0.311. The lowest BCUT2D eigenvalue weighted by Gasteiger charge is -1.96. The molecule has 2 heteroatoms. The number of phenols is 1. The summed E-state index contributed by atoms with van der Waals surface area (Å²) in [4.78, 5) is 0. The molecular weight excluding hydrogens is 150 g/mol. The van der Waals surface area contributed by atoms with Gasteiger partial charge in [0, 0.05) is 5.56 Å². The molecule has 0 fully saturated rings. The molecule has 1 aromatic carbocycles. The molecule has 1 rings (SSSR count). The molecule has 0 saturated heterocycles. The Balaban J connectivity index is 2.68. The number of hydrogen-bond acceptors (Lipinski definition) is 2. The van der Waals surface area contributed by atoms with Crippen molar-refractivity contribution in [2.45, 2.75) is 6.42 Å². The third kappa shape index (κ3) is 2.40. The van der Waals surface area contributed by atoms with Gasteiger partial charge in [0.1, 0.15) is 5.75 Å². The third-order valence-electron chi connectivity index (χ3n) is 1.57. The van der Waals surface area contributed by atoms with Gasteiger partial charge >= 0.3 is 0 Å². The molecule has 0 bridgehead atoms. The summed E-state index contributed by atoms with van der Waals surface area (Å²) in [6, 6.07) is 7.22. The largest absolute Gasteiger partial charge is 0.507 e. The number of aromatic hydroxyl groups is 1. The van der Waals surface area contributed by atoms with Gasteiger partial charge in [-0.3, -0.25) is 0 Å². The average molecular weight is 163 g/mol. The second kappa shape index (κ2) is 4.57. The number of rotatable bonds is 3. The third-order valence-corrected chi connectivity index (χ3v) is 1.57. The van der Waals surface area contributed by atoms with Crippen LogP contribution in [0.4, 0.5) is 0 Å². The Bertz CT molecular complexity index is 268. The summed E-state index contributed by atoms with van der Waals surface area (Å²) < 4.78 is 0. The van der Waals surface area contributed by atoms with Crippen molar-refractivity contribution < 1.29 is 5.11 Å². The monoisotopic (exact) mass is 163 g/mol. The van der Waals surface area contributed by atoms with Gasteiger partial charge in [-0.05, 0) is 19.0 Å². The normalized spacial score (nSPS) is 10.8. The van der Waals surface area contributed by atoms with E-state index in [0.717, 1.165) is 12.0 Å². The van der Waals surface area contributed by atoms with Crippen molar-refractivity contribution in [2.75, 3.05) is 6.54 Å². The summed E-state index contributed by atoms with van der Waals surface area (Å²) in [5.74, 6) is 0.311. The smallest absolute Gasteiger partial charge is 0.122 e. The molecule has 0 aromatic heterocycles. The highest BCUT2D eigenvalue weighted by Gasteiger charge is 1.91. The summed E-state index contributed by atoms with van der Waals surface area (Å²) in [5.41, 5.74) is 6.16. The van der Waals surface area contributed by atoms with Crippen LogP contribution in [0.5, 0.6) is 5.75 Å². The number of phenolic OH excluding ortho intramolecular Hbond substituents is 1. The molecule has 1 aromatic rings. The van der Waals surface area contributed by atoms with E-state index in [4.69, 9.17) is 5.73 Å². The lowest BCUT2D eigenvalue weighted by Crippen LogP contribution is -1.94. The molecule has 0 radical (unpaired) electrons. The first-order chi connectivity index (χ1) is 5.84. The Labute approximate surface area is 72.3 Å². The summed E-state index contributed by atoms with van der Waals surface area (Å²) in [5, 5.41) is 9.33. The summed E-state index contributed by atoms with van der Waals surface area (Å²) in [6.45, 7) is 0.643. The molecule has 0 aliphatic rings. The van der Waals surface area contributed by atoms with Crippen LogP contribution in [0, 0.1) is 0 Å². The van der Waals surface area contributed by atoms with Gasteiger partial charge in [-0.15, -0.1) is 0 Å². The van der Waals surface area contributed by atoms with E-state index >= 15 is 0 Å². The van der Waals surface area contributed by atoms with E-state index in [-0.39, 0.29) is 0 Å². The predicted octanol–water partition coefficient (Wildman–Crippen LogP) is 1.75. The van der Waals surface area contributed by atoms with Crippen LogP contribution in [0.1, 0.15) is 12.0 Å². The zero-order valence-electron chi connectivity index (χ0n) is 6.90. The van der Waals surface area contributed by atoms with E-state index in [2.05, 4.69) is 0 Å². The van der Waals surface area contributed by atoms with Crippen LogP contribution in [-0.4, -0.2) is 11.7 Å². The number of para-hydroxylation sites is 1. The highest BCUT2D eigenvalue weighted by Crippen LogP contribution is 2.16. The molecule has 64 valence electrons. The first-order valence-electron chi connectivity index (χ1n) is 3.99. The SMILES string of the molecule is NCC/C=C\c1ccccc1O. The van der Waals surface area contributed by atoms with E-state index in [1.54, 1.807) is 12.1 Å². The minimum Gasteiger partial charge on any atom is -0.507 e. The molecule has 0 unspecified atom stereocenters. The fourth-order valence-electron chi connectivity index (χ4n) is 0.935. The van der Waals surface area contributed by atoms with Gasteiger partial charge in [0.25, 0.3) is 0 Å². The number of hydrogen-bond donors (Lipinski definition) is 2. The van der Waals surface area contributed by atoms with Crippen molar-refractivity contribution >= 4 is 6.08 Å². The van der Waals surface area contributed by atoms with Gasteiger partial charge in [0.05, 0.1) is 0 Å². The van der Waals surface area contributed by atoms with Crippen LogP contribution >= 0.6 is 0 Å².